The predicted molar refractivity (Wildman–Crippen MR) is 80.6 cm³/mol. The fraction of sp³-hybridized carbons (Fsp3) is 0.188. The molecule has 1 unspecified atom stereocenters. The molecule has 1 N–H and O–H groups in total. The van der Waals surface area contributed by atoms with Crippen molar-refractivity contribution in [3.05, 3.63) is 70.2 Å². The van der Waals surface area contributed by atoms with Gasteiger partial charge in [0.05, 0.1) is 12.0 Å². The molecule has 19 heavy (non-hydrogen) atoms. The number of nitrogens with one attached hydrogen (secondary N) is 1. The first-order valence-electron chi connectivity index (χ1n) is 6.20. The maximum absolute atomic E-state index is 9.23. The smallest absolute Gasteiger partial charge is 0.0837 e. The molecule has 0 spiro atoms. The summed E-state index contributed by atoms with van der Waals surface area (Å²) in [5.41, 5.74) is 2.26. The van der Waals surface area contributed by atoms with Crippen LogP contribution < -0.4 is 5.32 Å². The molecule has 0 heterocycles. The Kier molecular flexibility index (Phi) is 5.14. The average Bonchev–Trinajstić information content (AvgIpc) is 2.46. The number of rotatable bonds is 5. The van der Waals surface area contributed by atoms with Crippen LogP contribution in [-0.4, -0.2) is 6.54 Å². The highest BCUT2D eigenvalue weighted by molar-refractivity contribution is 9.10. The third-order valence-electron chi connectivity index (χ3n) is 2.98. The van der Waals surface area contributed by atoms with E-state index in [0.29, 0.717) is 6.54 Å². The van der Waals surface area contributed by atoms with Crippen molar-refractivity contribution in [3.63, 3.8) is 0 Å². The van der Waals surface area contributed by atoms with Crippen LogP contribution in [0.2, 0.25) is 0 Å². The van der Waals surface area contributed by atoms with E-state index < -0.39 is 0 Å². The van der Waals surface area contributed by atoms with Crippen LogP contribution in [0.25, 0.3) is 0 Å². The van der Waals surface area contributed by atoms with Crippen molar-refractivity contribution in [1.29, 1.82) is 5.26 Å². The van der Waals surface area contributed by atoms with Gasteiger partial charge >= 0.3 is 0 Å². The molecule has 0 saturated carbocycles. The quantitative estimate of drug-likeness (QED) is 0.910. The van der Waals surface area contributed by atoms with E-state index >= 15 is 0 Å². The first-order valence-corrected chi connectivity index (χ1v) is 6.99. The van der Waals surface area contributed by atoms with E-state index in [1.807, 2.05) is 48.5 Å². The SMILES string of the molecule is N#CC(CNCc1ccccc1Br)c1ccccc1. The van der Waals surface area contributed by atoms with Gasteiger partial charge in [0, 0.05) is 17.6 Å². The monoisotopic (exact) mass is 314 g/mol. The van der Waals surface area contributed by atoms with Crippen LogP contribution >= 0.6 is 15.9 Å². The number of nitrogens with zero attached hydrogens (tertiary/aromatic N) is 1. The van der Waals surface area contributed by atoms with Gasteiger partial charge in [-0.15, -0.1) is 0 Å². The van der Waals surface area contributed by atoms with Crippen LogP contribution in [0.4, 0.5) is 0 Å². The molecule has 0 bridgehead atoms. The molecule has 96 valence electrons. The van der Waals surface area contributed by atoms with Gasteiger partial charge < -0.3 is 5.32 Å². The Morgan fingerprint density at radius 3 is 2.42 bits per heavy atom. The summed E-state index contributed by atoms with van der Waals surface area (Å²) in [6.45, 7) is 1.41. The summed E-state index contributed by atoms with van der Waals surface area (Å²) in [6.07, 6.45) is 0. The Balaban J connectivity index is 1.92. The molecule has 0 radical (unpaired) electrons. The van der Waals surface area contributed by atoms with Gasteiger partial charge in [0.2, 0.25) is 0 Å². The summed E-state index contributed by atoms with van der Waals surface area (Å²) in [4.78, 5) is 0. The van der Waals surface area contributed by atoms with Gasteiger partial charge in [-0.3, -0.25) is 0 Å². The molecule has 2 aromatic rings. The van der Waals surface area contributed by atoms with Gasteiger partial charge in [-0.05, 0) is 17.2 Å². The standard InChI is InChI=1S/C16H15BrN2/c17-16-9-5-4-8-14(16)11-19-12-15(10-18)13-6-2-1-3-7-13/h1-9,15,19H,11-12H2. The van der Waals surface area contributed by atoms with Crippen LogP contribution in [0.3, 0.4) is 0 Å². The Morgan fingerprint density at radius 2 is 1.74 bits per heavy atom. The van der Waals surface area contributed by atoms with E-state index in [9.17, 15) is 5.26 Å². The highest BCUT2D eigenvalue weighted by atomic mass is 79.9. The lowest BCUT2D eigenvalue weighted by atomic mass is 10.0. The molecule has 0 fully saturated rings. The first-order chi connectivity index (χ1) is 9.31. The molecule has 0 aliphatic heterocycles. The second-order valence-corrected chi connectivity index (χ2v) is 5.17. The Labute approximate surface area is 122 Å². The van der Waals surface area contributed by atoms with Crippen LogP contribution in [0.5, 0.6) is 0 Å². The minimum atomic E-state index is -0.108. The van der Waals surface area contributed by atoms with Crippen molar-refractivity contribution in [2.75, 3.05) is 6.54 Å². The minimum Gasteiger partial charge on any atom is -0.311 e. The van der Waals surface area contributed by atoms with Crippen molar-refractivity contribution in [2.24, 2.45) is 0 Å². The van der Waals surface area contributed by atoms with Gasteiger partial charge in [0.15, 0.2) is 0 Å². The second kappa shape index (κ2) is 7.08. The summed E-state index contributed by atoms with van der Waals surface area (Å²) in [7, 11) is 0. The van der Waals surface area contributed by atoms with Gasteiger partial charge in [-0.25, -0.2) is 0 Å². The van der Waals surface area contributed by atoms with Crippen LogP contribution in [0.15, 0.2) is 59.1 Å². The van der Waals surface area contributed by atoms with Gasteiger partial charge in [-0.2, -0.15) is 5.26 Å². The van der Waals surface area contributed by atoms with E-state index in [2.05, 4.69) is 33.4 Å². The van der Waals surface area contributed by atoms with Crippen molar-refractivity contribution in [3.8, 4) is 6.07 Å². The van der Waals surface area contributed by atoms with E-state index in [1.54, 1.807) is 0 Å². The third kappa shape index (κ3) is 3.92. The molecule has 3 heteroatoms. The molecule has 0 aromatic heterocycles. The molecule has 0 saturated heterocycles. The third-order valence-corrected chi connectivity index (χ3v) is 3.75. The zero-order valence-electron chi connectivity index (χ0n) is 10.5. The van der Waals surface area contributed by atoms with Crippen molar-refractivity contribution >= 4 is 15.9 Å². The molecule has 2 nitrogen and oxygen atoms in total. The highest BCUT2D eigenvalue weighted by Gasteiger charge is 2.09. The maximum Gasteiger partial charge on any atom is 0.0837 e. The molecular weight excluding hydrogens is 300 g/mol. The topological polar surface area (TPSA) is 35.8 Å². The van der Waals surface area contributed by atoms with Crippen LogP contribution in [0.1, 0.15) is 17.0 Å². The van der Waals surface area contributed by atoms with Crippen molar-refractivity contribution < 1.29 is 0 Å². The summed E-state index contributed by atoms with van der Waals surface area (Å²) in [6, 6.07) is 20.3. The fourth-order valence-electron chi connectivity index (χ4n) is 1.92. The van der Waals surface area contributed by atoms with E-state index in [1.165, 1.54) is 5.56 Å². The zero-order chi connectivity index (χ0) is 13.5. The van der Waals surface area contributed by atoms with E-state index in [-0.39, 0.29) is 5.92 Å². The van der Waals surface area contributed by atoms with Crippen LogP contribution in [0, 0.1) is 11.3 Å². The zero-order valence-corrected chi connectivity index (χ0v) is 12.1. The van der Waals surface area contributed by atoms with E-state index in [0.717, 1.165) is 16.6 Å². The predicted octanol–water partition coefficient (Wildman–Crippen LogP) is 3.85. The van der Waals surface area contributed by atoms with Gasteiger partial charge in [0.1, 0.15) is 0 Å². The lowest BCUT2D eigenvalue weighted by Crippen LogP contribution is -2.20. The minimum absolute atomic E-state index is 0.108. The molecular formula is C16H15BrN2. The van der Waals surface area contributed by atoms with Crippen molar-refractivity contribution in [2.45, 2.75) is 12.5 Å². The Hall–Kier alpha value is -1.63. The molecule has 0 aliphatic carbocycles. The van der Waals surface area contributed by atoms with Crippen LogP contribution in [-0.2, 0) is 6.54 Å². The highest BCUT2D eigenvalue weighted by Crippen LogP contribution is 2.17. The number of hydrogen-bond donors (Lipinski definition) is 1. The molecule has 0 amide bonds. The number of halogens is 1. The number of nitriles is 1. The summed E-state index contributed by atoms with van der Waals surface area (Å²) < 4.78 is 1.09. The average molecular weight is 315 g/mol. The Morgan fingerprint density at radius 1 is 1.05 bits per heavy atom. The molecule has 2 aromatic carbocycles. The number of hydrogen-bond acceptors (Lipinski definition) is 2. The maximum atomic E-state index is 9.23. The van der Waals surface area contributed by atoms with Crippen molar-refractivity contribution in [1.82, 2.24) is 5.32 Å². The largest absolute Gasteiger partial charge is 0.311 e. The Bertz CT molecular complexity index is 560. The lowest BCUT2D eigenvalue weighted by molar-refractivity contribution is 0.651. The lowest BCUT2D eigenvalue weighted by Gasteiger charge is -2.11. The van der Waals surface area contributed by atoms with E-state index in [4.69, 9.17) is 0 Å². The molecule has 0 aliphatic rings. The fourth-order valence-corrected chi connectivity index (χ4v) is 2.34. The molecule has 1 atom stereocenters. The summed E-state index contributed by atoms with van der Waals surface area (Å²) >= 11 is 3.52. The summed E-state index contributed by atoms with van der Waals surface area (Å²) in [5.74, 6) is -0.108. The van der Waals surface area contributed by atoms with Gasteiger partial charge in [-0.1, -0.05) is 64.5 Å². The molecule has 2 rings (SSSR count). The summed E-state index contributed by atoms with van der Waals surface area (Å²) in [5, 5.41) is 12.6. The first kappa shape index (κ1) is 13.8. The normalized spacial score (nSPS) is 11.8. The number of benzene rings is 2. The van der Waals surface area contributed by atoms with Gasteiger partial charge in [0.25, 0.3) is 0 Å². The second-order valence-electron chi connectivity index (χ2n) is 4.31.